The fourth-order valence-corrected chi connectivity index (χ4v) is 3.05. The number of fused-ring (bicyclic) bond motifs is 2. The second kappa shape index (κ2) is 4.65. The quantitative estimate of drug-likeness (QED) is 0.762. The fraction of sp³-hybridized carbons (Fsp3) is 0.538. The molecule has 2 fully saturated rings. The molecule has 3 atom stereocenters. The number of piperidine rings is 1. The highest BCUT2D eigenvalue weighted by Crippen LogP contribution is 2.41. The Hall–Kier alpha value is -1.49. The predicted molar refractivity (Wildman–Crippen MR) is 65.8 cm³/mol. The van der Waals surface area contributed by atoms with Crippen molar-refractivity contribution in [3.05, 3.63) is 30.9 Å². The van der Waals surface area contributed by atoms with E-state index in [4.69, 9.17) is 4.74 Å². The van der Waals surface area contributed by atoms with Gasteiger partial charge in [-0.1, -0.05) is 6.08 Å². The van der Waals surface area contributed by atoms with Gasteiger partial charge in [0, 0.05) is 12.5 Å². The van der Waals surface area contributed by atoms with Crippen LogP contribution in [0.5, 0.6) is 0 Å². The molecule has 5 heteroatoms. The van der Waals surface area contributed by atoms with Crippen LogP contribution in [0.15, 0.2) is 25.0 Å². The molecule has 2 heterocycles. The van der Waals surface area contributed by atoms with Crippen molar-refractivity contribution in [3.63, 3.8) is 0 Å². The summed E-state index contributed by atoms with van der Waals surface area (Å²) in [6, 6.07) is 0.320. The van der Waals surface area contributed by atoms with E-state index >= 15 is 0 Å². The van der Waals surface area contributed by atoms with Crippen LogP contribution in [0.2, 0.25) is 0 Å². The van der Waals surface area contributed by atoms with Crippen molar-refractivity contribution >= 4 is 5.95 Å². The lowest BCUT2D eigenvalue weighted by Gasteiger charge is -2.26. The van der Waals surface area contributed by atoms with Crippen molar-refractivity contribution in [2.45, 2.75) is 25.0 Å². The van der Waals surface area contributed by atoms with Crippen molar-refractivity contribution in [3.8, 4) is 0 Å². The van der Waals surface area contributed by atoms with Gasteiger partial charge in [0.15, 0.2) is 5.82 Å². The Morgan fingerprint density at radius 1 is 1.44 bits per heavy atom. The number of nitrogens with zero attached hydrogens (tertiary/aromatic N) is 3. The maximum Gasteiger partial charge on any atom is 0.225 e. The van der Waals surface area contributed by atoms with Crippen LogP contribution < -0.4 is 4.90 Å². The van der Waals surface area contributed by atoms with Gasteiger partial charge in [0.2, 0.25) is 5.95 Å². The molecule has 1 aromatic rings. The molecule has 1 saturated carbocycles. The summed E-state index contributed by atoms with van der Waals surface area (Å²) in [5.74, 6) is 0.738. The minimum Gasteiger partial charge on any atom is -0.372 e. The third-order valence-corrected chi connectivity index (χ3v) is 3.78. The topological polar surface area (TPSA) is 38.2 Å². The van der Waals surface area contributed by atoms with Gasteiger partial charge in [-0.2, -0.15) is 0 Å². The lowest BCUT2D eigenvalue weighted by Crippen LogP contribution is -2.36. The van der Waals surface area contributed by atoms with E-state index < -0.39 is 5.82 Å². The van der Waals surface area contributed by atoms with E-state index in [1.165, 1.54) is 18.8 Å². The van der Waals surface area contributed by atoms with Crippen LogP contribution >= 0.6 is 0 Å². The van der Waals surface area contributed by atoms with E-state index in [1.54, 1.807) is 6.08 Å². The molecule has 96 valence electrons. The molecule has 4 nitrogen and oxygen atoms in total. The Morgan fingerprint density at radius 2 is 2.22 bits per heavy atom. The van der Waals surface area contributed by atoms with Crippen LogP contribution in [0.4, 0.5) is 10.3 Å². The Morgan fingerprint density at radius 3 is 2.94 bits per heavy atom. The van der Waals surface area contributed by atoms with Crippen molar-refractivity contribution in [2.24, 2.45) is 5.92 Å². The van der Waals surface area contributed by atoms with Gasteiger partial charge in [-0.25, -0.2) is 14.4 Å². The van der Waals surface area contributed by atoms with E-state index in [-0.39, 0.29) is 6.10 Å². The predicted octanol–water partition coefficient (Wildman–Crippen LogP) is 1.79. The summed E-state index contributed by atoms with van der Waals surface area (Å²) in [7, 11) is 0. The van der Waals surface area contributed by atoms with Crippen LogP contribution in [-0.2, 0) is 4.74 Å². The summed E-state index contributed by atoms with van der Waals surface area (Å²) in [6.45, 7) is 5.15. The first-order valence-corrected chi connectivity index (χ1v) is 6.26. The Balaban J connectivity index is 1.76. The average Bonchev–Trinajstić information content (AvgIpc) is 2.94. The third kappa shape index (κ3) is 1.88. The standard InChI is InChI=1S/C13H16FN3O/c1-2-5-18-12-9-3-4-11(12)17(8-9)13-15-6-10(14)7-16-13/h2,6-7,9,11-12H,1,3-5,8H2/t9-,11+,12+/m0/s1. The minimum absolute atomic E-state index is 0.233. The fourth-order valence-electron chi connectivity index (χ4n) is 3.05. The Bertz CT molecular complexity index is 436. The summed E-state index contributed by atoms with van der Waals surface area (Å²) in [5, 5.41) is 0. The van der Waals surface area contributed by atoms with Crippen LogP contribution in [0.25, 0.3) is 0 Å². The summed E-state index contributed by atoms with van der Waals surface area (Å²) in [4.78, 5) is 10.3. The van der Waals surface area contributed by atoms with Crippen LogP contribution in [0, 0.1) is 11.7 Å². The zero-order valence-electron chi connectivity index (χ0n) is 10.1. The zero-order chi connectivity index (χ0) is 12.5. The van der Waals surface area contributed by atoms with E-state index in [9.17, 15) is 4.39 Å². The SMILES string of the molecule is C=CCO[C@@H]1[C@H]2CC[C@H]1N(c1ncc(F)cn1)C2. The molecule has 0 spiro atoms. The number of hydrogen-bond donors (Lipinski definition) is 0. The Kier molecular flexibility index (Phi) is 2.99. The first kappa shape index (κ1) is 11.6. The van der Waals surface area contributed by atoms with Gasteiger partial charge in [-0.05, 0) is 12.8 Å². The normalized spacial score (nSPS) is 29.8. The molecule has 0 N–H and O–H groups in total. The highest BCUT2D eigenvalue weighted by molar-refractivity contribution is 5.36. The molecular formula is C13H16FN3O. The molecule has 1 saturated heterocycles. The second-order valence-electron chi connectivity index (χ2n) is 4.85. The molecule has 1 aromatic heterocycles. The molecule has 1 aliphatic heterocycles. The van der Waals surface area contributed by atoms with E-state index in [0.29, 0.717) is 24.5 Å². The van der Waals surface area contributed by atoms with E-state index in [1.807, 2.05) is 0 Å². The monoisotopic (exact) mass is 249 g/mol. The van der Waals surface area contributed by atoms with Gasteiger partial charge in [0.05, 0.1) is 31.1 Å². The van der Waals surface area contributed by atoms with E-state index in [2.05, 4.69) is 21.4 Å². The highest BCUT2D eigenvalue weighted by Gasteiger charge is 2.48. The van der Waals surface area contributed by atoms with Crippen molar-refractivity contribution in [1.82, 2.24) is 9.97 Å². The number of ether oxygens (including phenoxy) is 1. The summed E-state index contributed by atoms with van der Waals surface area (Å²) >= 11 is 0. The molecular weight excluding hydrogens is 233 g/mol. The zero-order valence-corrected chi connectivity index (χ0v) is 10.1. The van der Waals surface area contributed by atoms with Crippen molar-refractivity contribution in [2.75, 3.05) is 18.1 Å². The van der Waals surface area contributed by atoms with Crippen LogP contribution in [-0.4, -0.2) is 35.3 Å². The van der Waals surface area contributed by atoms with Gasteiger partial charge >= 0.3 is 0 Å². The van der Waals surface area contributed by atoms with Crippen molar-refractivity contribution in [1.29, 1.82) is 0 Å². The lowest BCUT2D eigenvalue weighted by atomic mass is 10.1. The highest BCUT2D eigenvalue weighted by atomic mass is 19.1. The maximum atomic E-state index is 12.8. The average molecular weight is 249 g/mol. The maximum absolute atomic E-state index is 12.8. The molecule has 0 radical (unpaired) electrons. The van der Waals surface area contributed by atoms with Gasteiger partial charge in [-0.15, -0.1) is 6.58 Å². The number of anilines is 1. The van der Waals surface area contributed by atoms with E-state index in [0.717, 1.165) is 13.0 Å². The van der Waals surface area contributed by atoms with Crippen molar-refractivity contribution < 1.29 is 9.13 Å². The number of aromatic nitrogens is 2. The molecule has 2 bridgehead atoms. The Labute approximate surface area is 105 Å². The third-order valence-electron chi connectivity index (χ3n) is 3.78. The van der Waals surface area contributed by atoms with Gasteiger partial charge < -0.3 is 9.64 Å². The lowest BCUT2D eigenvalue weighted by molar-refractivity contribution is 0.0588. The molecule has 3 rings (SSSR count). The summed E-state index contributed by atoms with van der Waals surface area (Å²) in [5.41, 5.74) is 0. The summed E-state index contributed by atoms with van der Waals surface area (Å²) < 4.78 is 18.7. The first-order chi connectivity index (χ1) is 8.79. The minimum atomic E-state index is -0.400. The second-order valence-corrected chi connectivity index (χ2v) is 4.85. The largest absolute Gasteiger partial charge is 0.372 e. The smallest absolute Gasteiger partial charge is 0.225 e. The molecule has 18 heavy (non-hydrogen) atoms. The molecule has 2 aliphatic rings. The number of halogens is 1. The molecule has 0 aromatic carbocycles. The molecule has 0 amide bonds. The number of hydrogen-bond acceptors (Lipinski definition) is 4. The first-order valence-electron chi connectivity index (χ1n) is 6.26. The van der Waals surface area contributed by atoms with Gasteiger partial charge in [-0.3, -0.25) is 0 Å². The van der Waals surface area contributed by atoms with Gasteiger partial charge in [0.1, 0.15) is 0 Å². The van der Waals surface area contributed by atoms with Crippen LogP contribution in [0.1, 0.15) is 12.8 Å². The van der Waals surface area contributed by atoms with Crippen LogP contribution in [0.3, 0.4) is 0 Å². The summed E-state index contributed by atoms with van der Waals surface area (Å²) in [6.07, 6.45) is 6.71. The van der Waals surface area contributed by atoms with Gasteiger partial charge in [0.25, 0.3) is 0 Å². The molecule has 1 aliphatic carbocycles. The number of rotatable bonds is 4. The molecule has 0 unspecified atom stereocenters.